The molecule has 0 bridgehead atoms. The molecule has 2 aliphatic rings. The summed E-state index contributed by atoms with van der Waals surface area (Å²) in [6.45, 7) is 3.85. The predicted octanol–water partition coefficient (Wildman–Crippen LogP) is 4.00. The van der Waals surface area contributed by atoms with Gasteiger partial charge in [-0.05, 0) is 76.5 Å². The van der Waals surface area contributed by atoms with Crippen LogP contribution in [-0.4, -0.2) is 51.7 Å². The second-order valence-electron chi connectivity index (χ2n) is 10.3. The smallest absolute Gasteiger partial charge is 0.255 e. The van der Waals surface area contributed by atoms with Gasteiger partial charge in [-0.25, -0.2) is 4.39 Å². The Morgan fingerprint density at radius 2 is 1.81 bits per heavy atom. The van der Waals surface area contributed by atoms with Crippen LogP contribution in [0.3, 0.4) is 0 Å². The summed E-state index contributed by atoms with van der Waals surface area (Å²) in [4.78, 5) is 33.0. The molecule has 1 atom stereocenters. The molecule has 9 heteroatoms. The standard InChI is InChI=1S/C28H33FN4O4/c1-15-24(28(36)33-20-8-6-19(7-9-20)32-27(35)16(2)34)26-25(31-15)22(11-12-30-26)21-10-5-18(29)13-23(21)37-14-17-3-4-17/h5,10-13,16-17,19-20,31,34H,3-4,6-9,14H2,1-2H3,(H,32,35)(H,33,36)/t16-,19?,20?/m0/s1. The maximum Gasteiger partial charge on any atom is 0.255 e. The van der Waals surface area contributed by atoms with Gasteiger partial charge in [0, 0.05) is 41.2 Å². The van der Waals surface area contributed by atoms with Gasteiger partial charge < -0.3 is 25.5 Å². The summed E-state index contributed by atoms with van der Waals surface area (Å²) in [7, 11) is 0. The molecule has 2 heterocycles. The van der Waals surface area contributed by atoms with Crippen LogP contribution in [0.5, 0.6) is 5.75 Å². The Kier molecular flexibility index (Phi) is 7.15. The van der Waals surface area contributed by atoms with Crippen molar-refractivity contribution in [2.45, 2.75) is 70.6 Å². The minimum atomic E-state index is -1.03. The monoisotopic (exact) mass is 508 g/mol. The van der Waals surface area contributed by atoms with Gasteiger partial charge in [0.1, 0.15) is 23.2 Å². The lowest BCUT2D eigenvalue weighted by Crippen LogP contribution is -2.46. The van der Waals surface area contributed by atoms with Gasteiger partial charge >= 0.3 is 0 Å². The Morgan fingerprint density at radius 1 is 1.11 bits per heavy atom. The molecule has 0 aliphatic heterocycles. The molecular formula is C28H33FN4O4. The Labute approximate surface area is 215 Å². The molecule has 3 aromatic rings. The number of aliphatic hydroxyl groups excluding tert-OH is 1. The van der Waals surface area contributed by atoms with Crippen LogP contribution in [0.25, 0.3) is 22.2 Å². The summed E-state index contributed by atoms with van der Waals surface area (Å²) in [5.74, 6) is 0.0845. The van der Waals surface area contributed by atoms with Crippen molar-refractivity contribution in [3.63, 3.8) is 0 Å². The van der Waals surface area contributed by atoms with Crippen molar-refractivity contribution in [1.29, 1.82) is 0 Å². The molecule has 4 N–H and O–H groups in total. The number of aromatic amines is 1. The van der Waals surface area contributed by atoms with Gasteiger partial charge in [0.05, 0.1) is 17.7 Å². The topological polar surface area (TPSA) is 116 Å². The highest BCUT2D eigenvalue weighted by Crippen LogP contribution is 2.38. The van der Waals surface area contributed by atoms with Gasteiger partial charge in [-0.2, -0.15) is 0 Å². The summed E-state index contributed by atoms with van der Waals surface area (Å²) in [5, 5.41) is 15.4. The molecule has 2 amide bonds. The van der Waals surface area contributed by atoms with E-state index in [1.165, 1.54) is 19.1 Å². The number of pyridine rings is 1. The lowest BCUT2D eigenvalue weighted by atomic mass is 9.90. The number of amides is 2. The molecular weight excluding hydrogens is 475 g/mol. The molecule has 5 rings (SSSR count). The van der Waals surface area contributed by atoms with Crippen LogP contribution in [0, 0.1) is 18.7 Å². The number of fused-ring (bicyclic) bond motifs is 1. The number of hydrogen-bond donors (Lipinski definition) is 4. The van der Waals surface area contributed by atoms with Crippen molar-refractivity contribution >= 4 is 22.8 Å². The number of halogens is 1. The van der Waals surface area contributed by atoms with Crippen molar-refractivity contribution < 1.29 is 23.8 Å². The van der Waals surface area contributed by atoms with E-state index in [-0.39, 0.29) is 29.7 Å². The van der Waals surface area contributed by atoms with Gasteiger partial charge in [-0.1, -0.05) is 0 Å². The van der Waals surface area contributed by atoms with Crippen LogP contribution in [-0.2, 0) is 4.79 Å². The number of H-pyrrole nitrogens is 1. The Balaban J connectivity index is 1.34. The number of nitrogens with one attached hydrogen (secondary N) is 3. The highest BCUT2D eigenvalue weighted by atomic mass is 19.1. The molecule has 8 nitrogen and oxygen atoms in total. The van der Waals surface area contributed by atoms with Crippen LogP contribution in [0.15, 0.2) is 30.5 Å². The average Bonchev–Trinajstić information content (AvgIpc) is 3.63. The zero-order valence-corrected chi connectivity index (χ0v) is 21.1. The van der Waals surface area contributed by atoms with Crippen LogP contribution in [0.4, 0.5) is 4.39 Å². The van der Waals surface area contributed by atoms with Crippen molar-refractivity contribution in [2.75, 3.05) is 6.61 Å². The summed E-state index contributed by atoms with van der Waals surface area (Å²) in [5.41, 5.74) is 4.00. The van der Waals surface area contributed by atoms with Gasteiger partial charge in [0.2, 0.25) is 5.91 Å². The molecule has 37 heavy (non-hydrogen) atoms. The van der Waals surface area contributed by atoms with Gasteiger partial charge in [0.25, 0.3) is 5.91 Å². The number of benzene rings is 1. The first kappa shape index (κ1) is 25.2. The first-order valence-corrected chi connectivity index (χ1v) is 13.0. The number of rotatable bonds is 8. The van der Waals surface area contributed by atoms with E-state index < -0.39 is 6.10 Å². The summed E-state index contributed by atoms with van der Waals surface area (Å²) in [6.07, 6.45) is 5.82. The van der Waals surface area contributed by atoms with Gasteiger partial charge in [0.15, 0.2) is 0 Å². The van der Waals surface area contributed by atoms with Crippen LogP contribution < -0.4 is 15.4 Å². The van der Waals surface area contributed by atoms with E-state index in [4.69, 9.17) is 4.74 Å². The van der Waals surface area contributed by atoms with Gasteiger partial charge in [-0.3, -0.25) is 14.6 Å². The van der Waals surface area contributed by atoms with E-state index in [0.717, 1.165) is 49.7 Å². The lowest BCUT2D eigenvalue weighted by molar-refractivity contribution is -0.129. The number of ether oxygens (including phenoxy) is 1. The van der Waals surface area contributed by atoms with E-state index in [1.54, 1.807) is 12.3 Å². The van der Waals surface area contributed by atoms with Crippen LogP contribution >= 0.6 is 0 Å². The molecule has 2 aromatic heterocycles. The fourth-order valence-electron chi connectivity index (χ4n) is 5.00. The Morgan fingerprint density at radius 3 is 2.49 bits per heavy atom. The zero-order valence-electron chi connectivity index (χ0n) is 21.1. The van der Waals surface area contributed by atoms with Crippen molar-refractivity contribution in [3.8, 4) is 16.9 Å². The zero-order chi connectivity index (χ0) is 26.1. The number of nitrogens with zero attached hydrogens (tertiary/aromatic N) is 1. The summed E-state index contributed by atoms with van der Waals surface area (Å²) < 4.78 is 20.0. The van der Waals surface area contributed by atoms with Crippen molar-refractivity contribution in [2.24, 2.45) is 5.92 Å². The molecule has 1 aromatic carbocycles. The Hall–Kier alpha value is -3.46. The molecule has 0 spiro atoms. The normalized spacial score (nSPS) is 20.4. The largest absolute Gasteiger partial charge is 0.493 e. The number of aryl methyl sites for hydroxylation is 1. The predicted molar refractivity (Wildman–Crippen MR) is 138 cm³/mol. The third-order valence-electron chi connectivity index (χ3n) is 7.30. The summed E-state index contributed by atoms with van der Waals surface area (Å²) >= 11 is 0. The average molecular weight is 509 g/mol. The summed E-state index contributed by atoms with van der Waals surface area (Å²) in [6, 6.07) is 6.36. The third kappa shape index (κ3) is 5.61. The second kappa shape index (κ2) is 10.5. The van der Waals surface area contributed by atoms with Gasteiger partial charge in [-0.15, -0.1) is 0 Å². The van der Waals surface area contributed by atoms with Crippen molar-refractivity contribution in [3.05, 3.63) is 47.5 Å². The molecule has 2 saturated carbocycles. The molecule has 2 aliphatic carbocycles. The van der Waals surface area contributed by atoms with E-state index in [1.807, 2.05) is 13.0 Å². The fourth-order valence-corrected chi connectivity index (χ4v) is 5.00. The fraction of sp³-hybridized carbons (Fsp3) is 0.464. The van der Waals surface area contributed by atoms with Crippen LogP contribution in [0.1, 0.15) is 61.5 Å². The first-order chi connectivity index (χ1) is 17.8. The van der Waals surface area contributed by atoms with E-state index in [0.29, 0.717) is 40.6 Å². The molecule has 0 radical (unpaired) electrons. The SMILES string of the molecule is Cc1[nH]c2c(-c3ccc(F)cc3OCC3CC3)ccnc2c1C(=O)NC1CCC(NC(=O)[C@H](C)O)CC1. The highest BCUT2D eigenvalue weighted by molar-refractivity contribution is 6.09. The number of hydrogen-bond acceptors (Lipinski definition) is 5. The molecule has 0 saturated heterocycles. The minimum Gasteiger partial charge on any atom is -0.493 e. The molecule has 196 valence electrons. The quantitative estimate of drug-likeness (QED) is 0.367. The number of aromatic nitrogens is 2. The maximum atomic E-state index is 14.1. The lowest BCUT2D eigenvalue weighted by Gasteiger charge is -2.30. The van der Waals surface area contributed by atoms with E-state index >= 15 is 0 Å². The van der Waals surface area contributed by atoms with Crippen LogP contribution in [0.2, 0.25) is 0 Å². The maximum absolute atomic E-state index is 14.1. The third-order valence-corrected chi connectivity index (χ3v) is 7.30. The molecule has 2 fully saturated rings. The van der Waals surface area contributed by atoms with E-state index in [9.17, 15) is 19.1 Å². The second-order valence-corrected chi connectivity index (χ2v) is 10.3. The first-order valence-electron chi connectivity index (χ1n) is 13.0. The number of carbonyl (C=O) groups excluding carboxylic acids is 2. The molecule has 0 unspecified atom stereocenters. The highest BCUT2D eigenvalue weighted by Gasteiger charge is 2.28. The van der Waals surface area contributed by atoms with E-state index in [2.05, 4.69) is 20.6 Å². The number of carbonyl (C=O) groups is 2. The minimum absolute atomic E-state index is 0.00124. The number of aliphatic hydroxyl groups is 1. The Bertz CT molecular complexity index is 1310. The van der Waals surface area contributed by atoms with Crippen molar-refractivity contribution in [1.82, 2.24) is 20.6 Å².